The molecule has 4 aromatic rings. The Bertz CT molecular complexity index is 1470. The first-order valence-corrected chi connectivity index (χ1v) is 14.4. The van der Waals surface area contributed by atoms with Crippen LogP contribution in [0, 0.1) is 5.82 Å². The fourth-order valence-corrected chi connectivity index (χ4v) is 4.85. The molecule has 0 aliphatic rings. The van der Waals surface area contributed by atoms with Gasteiger partial charge in [-0.3, -0.25) is 9.36 Å². The van der Waals surface area contributed by atoms with Crippen molar-refractivity contribution >= 4 is 28.7 Å². The van der Waals surface area contributed by atoms with E-state index in [2.05, 4.69) is 62.2 Å². The highest BCUT2D eigenvalue weighted by molar-refractivity contribution is 5.83. The number of nitrogens with one attached hydrogen (secondary N) is 1. The maximum atomic E-state index is 15.1. The summed E-state index contributed by atoms with van der Waals surface area (Å²) < 4.78 is 16.8. The van der Waals surface area contributed by atoms with Crippen molar-refractivity contribution in [3.05, 3.63) is 105 Å². The minimum Gasteiger partial charge on any atom is -0.383 e. The Morgan fingerprint density at radius 2 is 1.73 bits per heavy atom. The van der Waals surface area contributed by atoms with Crippen molar-refractivity contribution in [2.75, 3.05) is 31.5 Å². The maximum absolute atomic E-state index is 15.1. The summed E-state index contributed by atoms with van der Waals surface area (Å²) in [6.45, 7) is 12.7. The molecule has 5 nitrogen and oxygen atoms in total. The Balaban J connectivity index is 1.65. The van der Waals surface area contributed by atoms with Gasteiger partial charge in [0.2, 0.25) is 0 Å². The van der Waals surface area contributed by atoms with Gasteiger partial charge in [-0.05, 0) is 73.3 Å². The van der Waals surface area contributed by atoms with Crippen LogP contribution in [0.5, 0.6) is 0 Å². The highest BCUT2D eigenvalue weighted by Crippen LogP contribution is 2.22. The molecule has 1 heterocycles. The van der Waals surface area contributed by atoms with Crippen LogP contribution in [-0.2, 0) is 13.0 Å². The third-order valence-electron chi connectivity index (χ3n) is 7.43. The van der Waals surface area contributed by atoms with Gasteiger partial charge < -0.3 is 10.2 Å². The first-order chi connectivity index (χ1) is 19.4. The summed E-state index contributed by atoms with van der Waals surface area (Å²) in [6, 6.07) is 21.5. The van der Waals surface area contributed by atoms with Gasteiger partial charge in [-0.2, -0.15) is 0 Å². The molecule has 0 spiro atoms. The van der Waals surface area contributed by atoms with Crippen molar-refractivity contribution in [1.82, 2.24) is 14.5 Å². The molecule has 0 bridgehead atoms. The second-order valence-electron chi connectivity index (χ2n) is 10.5. The van der Waals surface area contributed by atoms with E-state index in [-0.39, 0.29) is 10.9 Å². The summed E-state index contributed by atoms with van der Waals surface area (Å²) >= 11 is 0. The van der Waals surface area contributed by atoms with Gasteiger partial charge in [-0.15, -0.1) is 0 Å². The molecule has 0 aliphatic carbocycles. The van der Waals surface area contributed by atoms with Crippen LogP contribution in [0.25, 0.3) is 23.1 Å². The van der Waals surface area contributed by atoms with Crippen LogP contribution < -0.4 is 10.9 Å². The second-order valence-corrected chi connectivity index (χ2v) is 10.5. The molecule has 0 unspecified atom stereocenters. The molecule has 4 rings (SSSR count). The predicted octanol–water partition coefficient (Wildman–Crippen LogP) is 7.22. The Morgan fingerprint density at radius 3 is 2.40 bits per heavy atom. The van der Waals surface area contributed by atoms with Gasteiger partial charge in [-0.1, -0.05) is 88.4 Å². The first kappa shape index (κ1) is 29.2. The van der Waals surface area contributed by atoms with E-state index in [1.54, 1.807) is 10.6 Å². The lowest BCUT2D eigenvalue weighted by atomic mass is 10.0. The molecular formula is C34H41FN4O. The zero-order valence-corrected chi connectivity index (χ0v) is 24.2. The highest BCUT2D eigenvalue weighted by atomic mass is 19.1. The van der Waals surface area contributed by atoms with Crippen molar-refractivity contribution in [1.29, 1.82) is 0 Å². The van der Waals surface area contributed by atoms with Crippen molar-refractivity contribution in [3.8, 4) is 0 Å². The van der Waals surface area contributed by atoms with Crippen LogP contribution in [-0.4, -0.2) is 40.6 Å². The number of nitrogens with zero attached hydrogens (tertiary/aromatic N) is 3. The molecule has 0 aliphatic heterocycles. The molecule has 0 atom stereocenters. The molecule has 210 valence electrons. The van der Waals surface area contributed by atoms with Crippen molar-refractivity contribution in [3.63, 3.8) is 0 Å². The van der Waals surface area contributed by atoms with E-state index in [1.807, 2.05) is 42.5 Å². The molecule has 40 heavy (non-hydrogen) atoms. The smallest absolute Gasteiger partial charge is 0.261 e. The van der Waals surface area contributed by atoms with Crippen LogP contribution in [0.1, 0.15) is 62.5 Å². The van der Waals surface area contributed by atoms with E-state index in [4.69, 9.17) is 4.98 Å². The average molecular weight is 541 g/mol. The van der Waals surface area contributed by atoms with Crippen LogP contribution in [0.2, 0.25) is 0 Å². The van der Waals surface area contributed by atoms with Gasteiger partial charge in [-0.25, -0.2) is 9.37 Å². The van der Waals surface area contributed by atoms with Crippen LogP contribution >= 0.6 is 0 Å². The van der Waals surface area contributed by atoms with Crippen LogP contribution in [0.15, 0.2) is 71.5 Å². The number of aromatic nitrogens is 2. The lowest BCUT2D eigenvalue weighted by molar-refractivity contribution is 0.303. The minimum atomic E-state index is -0.433. The minimum absolute atomic E-state index is 0.234. The number of hydrogen-bond donors (Lipinski definition) is 1. The Labute approximate surface area is 237 Å². The maximum Gasteiger partial charge on any atom is 0.261 e. The number of benzene rings is 3. The fourth-order valence-electron chi connectivity index (χ4n) is 4.85. The van der Waals surface area contributed by atoms with Gasteiger partial charge in [0.25, 0.3) is 5.56 Å². The van der Waals surface area contributed by atoms with Gasteiger partial charge in [0.1, 0.15) is 11.6 Å². The SMILES string of the molecule is CCN(CC)CCCNc1cc2nc(/C=C/c3ccc(C(C)C)cc3)n(CCc3ccccc3)c(=O)c2cc1F. The number of fused-ring (bicyclic) bond motifs is 1. The lowest BCUT2D eigenvalue weighted by Gasteiger charge is -2.18. The van der Waals surface area contributed by atoms with E-state index in [9.17, 15) is 4.79 Å². The van der Waals surface area contributed by atoms with E-state index in [0.29, 0.717) is 42.5 Å². The normalized spacial score (nSPS) is 11.8. The third kappa shape index (κ3) is 7.45. The fraction of sp³-hybridized carbons (Fsp3) is 0.353. The third-order valence-corrected chi connectivity index (χ3v) is 7.43. The van der Waals surface area contributed by atoms with Crippen LogP contribution in [0.3, 0.4) is 0 Å². The van der Waals surface area contributed by atoms with Gasteiger partial charge in [0.05, 0.1) is 16.6 Å². The van der Waals surface area contributed by atoms with E-state index < -0.39 is 5.82 Å². The highest BCUT2D eigenvalue weighted by Gasteiger charge is 2.14. The summed E-state index contributed by atoms with van der Waals surface area (Å²) in [4.78, 5) is 20.9. The molecule has 6 heteroatoms. The standard InChI is InChI=1S/C34H41FN4O/c1-5-38(6-2)21-10-20-36-32-24-31-29(23-30(32)35)34(40)39(22-19-26-11-8-7-9-12-26)33(37-31)18-15-27-13-16-28(17-14-27)25(3)4/h7-9,11-18,23-25,36H,5-6,10,19-22H2,1-4H3/b18-15+. The average Bonchev–Trinajstić information content (AvgIpc) is 2.97. The topological polar surface area (TPSA) is 50.2 Å². The first-order valence-electron chi connectivity index (χ1n) is 14.4. The number of halogens is 1. The lowest BCUT2D eigenvalue weighted by Crippen LogP contribution is -2.26. The Morgan fingerprint density at radius 1 is 1.00 bits per heavy atom. The molecule has 3 aromatic carbocycles. The summed E-state index contributed by atoms with van der Waals surface area (Å²) in [7, 11) is 0. The van der Waals surface area contributed by atoms with Crippen molar-refractivity contribution in [2.45, 2.75) is 53.0 Å². The number of hydrogen-bond acceptors (Lipinski definition) is 4. The molecular weight excluding hydrogens is 499 g/mol. The second kappa shape index (κ2) is 14.0. The summed E-state index contributed by atoms with van der Waals surface area (Å²) in [5, 5.41) is 3.50. The van der Waals surface area contributed by atoms with Gasteiger partial charge in [0, 0.05) is 13.1 Å². The molecule has 0 amide bonds. The quantitative estimate of drug-likeness (QED) is 0.182. The van der Waals surface area contributed by atoms with Crippen molar-refractivity contribution in [2.24, 2.45) is 0 Å². The zero-order valence-electron chi connectivity index (χ0n) is 24.2. The van der Waals surface area contributed by atoms with E-state index in [1.165, 1.54) is 11.6 Å². The van der Waals surface area contributed by atoms with Gasteiger partial charge >= 0.3 is 0 Å². The largest absolute Gasteiger partial charge is 0.383 e. The van der Waals surface area contributed by atoms with E-state index >= 15 is 4.39 Å². The Kier molecular flexibility index (Phi) is 10.3. The molecule has 0 saturated heterocycles. The number of anilines is 1. The molecule has 1 aromatic heterocycles. The molecule has 0 saturated carbocycles. The summed E-state index contributed by atoms with van der Waals surface area (Å²) in [6.07, 6.45) is 5.44. The van der Waals surface area contributed by atoms with E-state index in [0.717, 1.165) is 37.2 Å². The molecule has 0 radical (unpaired) electrons. The zero-order chi connectivity index (χ0) is 28.5. The summed E-state index contributed by atoms with van der Waals surface area (Å²) in [5.41, 5.74) is 4.07. The molecule has 1 N–H and O–H groups in total. The Hall–Kier alpha value is -3.77. The van der Waals surface area contributed by atoms with Gasteiger partial charge in [0.15, 0.2) is 0 Å². The number of aryl methyl sites for hydroxylation is 1. The molecule has 0 fully saturated rings. The number of rotatable bonds is 13. The van der Waals surface area contributed by atoms with Crippen molar-refractivity contribution < 1.29 is 4.39 Å². The van der Waals surface area contributed by atoms with Crippen LogP contribution in [0.4, 0.5) is 10.1 Å². The summed E-state index contributed by atoms with van der Waals surface area (Å²) in [5.74, 6) is 0.585. The predicted molar refractivity (Wildman–Crippen MR) is 166 cm³/mol. The monoisotopic (exact) mass is 540 g/mol.